The SMILES string of the molecule is COc1cc(C(=O)N2CCC(F)CC2)ccc1N. The molecule has 1 aromatic rings. The zero-order valence-corrected chi connectivity index (χ0v) is 10.4. The van der Waals surface area contributed by atoms with Gasteiger partial charge in [-0.15, -0.1) is 0 Å². The van der Waals surface area contributed by atoms with Gasteiger partial charge >= 0.3 is 0 Å². The van der Waals surface area contributed by atoms with Gasteiger partial charge < -0.3 is 15.4 Å². The number of hydrogen-bond acceptors (Lipinski definition) is 3. The van der Waals surface area contributed by atoms with E-state index in [0.29, 0.717) is 42.9 Å². The summed E-state index contributed by atoms with van der Waals surface area (Å²) in [5.41, 5.74) is 6.72. The largest absolute Gasteiger partial charge is 0.495 e. The van der Waals surface area contributed by atoms with Crippen molar-refractivity contribution >= 4 is 11.6 Å². The number of alkyl halides is 1. The van der Waals surface area contributed by atoms with Crippen LogP contribution >= 0.6 is 0 Å². The van der Waals surface area contributed by atoms with Crippen LogP contribution in [0.25, 0.3) is 0 Å². The molecule has 1 heterocycles. The second-order valence-corrected chi connectivity index (χ2v) is 4.42. The predicted octanol–water partition coefficient (Wildman–Crippen LogP) is 1.85. The molecule has 1 fully saturated rings. The smallest absolute Gasteiger partial charge is 0.253 e. The number of amides is 1. The third kappa shape index (κ3) is 2.55. The fraction of sp³-hybridized carbons (Fsp3) is 0.462. The van der Waals surface area contributed by atoms with Crippen LogP contribution in [0.15, 0.2) is 18.2 Å². The number of nitrogen functional groups attached to an aromatic ring is 1. The summed E-state index contributed by atoms with van der Waals surface area (Å²) in [7, 11) is 1.51. The van der Waals surface area contributed by atoms with Gasteiger partial charge in [0.1, 0.15) is 11.9 Å². The van der Waals surface area contributed by atoms with Crippen LogP contribution in [-0.4, -0.2) is 37.2 Å². The van der Waals surface area contributed by atoms with Crippen molar-refractivity contribution in [3.63, 3.8) is 0 Å². The monoisotopic (exact) mass is 252 g/mol. The van der Waals surface area contributed by atoms with Crippen LogP contribution in [0.5, 0.6) is 5.75 Å². The summed E-state index contributed by atoms with van der Waals surface area (Å²) in [6, 6.07) is 4.94. The Morgan fingerprint density at radius 2 is 2.11 bits per heavy atom. The molecule has 4 nitrogen and oxygen atoms in total. The van der Waals surface area contributed by atoms with Crippen LogP contribution in [0, 0.1) is 0 Å². The summed E-state index contributed by atoms with van der Waals surface area (Å²) in [6.45, 7) is 0.930. The van der Waals surface area contributed by atoms with Crippen molar-refractivity contribution in [2.24, 2.45) is 0 Å². The number of carbonyl (C=O) groups excluding carboxylic acids is 1. The summed E-state index contributed by atoms with van der Waals surface area (Å²) in [5, 5.41) is 0. The van der Waals surface area contributed by atoms with E-state index < -0.39 is 6.17 Å². The number of ether oxygens (including phenoxy) is 1. The minimum atomic E-state index is -0.782. The highest BCUT2D eigenvalue weighted by Gasteiger charge is 2.23. The van der Waals surface area contributed by atoms with E-state index in [1.165, 1.54) is 7.11 Å². The Morgan fingerprint density at radius 3 is 2.72 bits per heavy atom. The van der Waals surface area contributed by atoms with E-state index in [-0.39, 0.29) is 5.91 Å². The molecule has 0 aliphatic carbocycles. The molecule has 1 aliphatic heterocycles. The lowest BCUT2D eigenvalue weighted by Crippen LogP contribution is -2.39. The number of halogens is 1. The van der Waals surface area contributed by atoms with Gasteiger partial charge in [-0.1, -0.05) is 0 Å². The Hall–Kier alpha value is -1.78. The van der Waals surface area contributed by atoms with Gasteiger partial charge in [0.15, 0.2) is 0 Å². The van der Waals surface area contributed by atoms with E-state index in [4.69, 9.17) is 10.5 Å². The molecule has 98 valence electrons. The molecule has 1 saturated heterocycles. The quantitative estimate of drug-likeness (QED) is 0.817. The summed E-state index contributed by atoms with van der Waals surface area (Å²) in [6.07, 6.45) is 0.0467. The van der Waals surface area contributed by atoms with Crippen LogP contribution in [-0.2, 0) is 0 Å². The maximum Gasteiger partial charge on any atom is 0.253 e. The third-order valence-corrected chi connectivity index (χ3v) is 3.19. The summed E-state index contributed by atoms with van der Waals surface area (Å²) >= 11 is 0. The van der Waals surface area contributed by atoms with E-state index in [9.17, 15) is 9.18 Å². The van der Waals surface area contributed by atoms with Crippen molar-refractivity contribution in [2.75, 3.05) is 25.9 Å². The molecule has 0 spiro atoms. The van der Waals surface area contributed by atoms with Gasteiger partial charge in [0.05, 0.1) is 12.8 Å². The normalized spacial score (nSPS) is 16.7. The average molecular weight is 252 g/mol. The molecule has 0 saturated carbocycles. The van der Waals surface area contributed by atoms with Crippen molar-refractivity contribution in [2.45, 2.75) is 19.0 Å². The Labute approximate surface area is 106 Å². The third-order valence-electron chi connectivity index (χ3n) is 3.19. The molecule has 1 amide bonds. The standard InChI is InChI=1S/C13H17FN2O2/c1-18-12-8-9(2-3-11(12)15)13(17)16-6-4-10(14)5-7-16/h2-3,8,10H,4-7,15H2,1H3. The summed E-state index contributed by atoms with van der Waals surface area (Å²) in [4.78, 5) is 13.9. The number of anilines is 1. The molecule has 0 atom stereocenters. The lowest BCUT2D eigenvalue weighted by molar-refractivity contribution is 0.0666. The first-order chi connectivity index (χ1) is 8.61. The van der Waals surface area contributed by atoms with E-state index in [1.807, 2.05) is 0 Å². The van der Waals surface area contributed by atoms with Crippen LogP contribution < -0.4 is 10.5 Å². The zero-order valence-electron chi connectivity index (χ0n) is 10.4. The molecular formula is C13H17FN2O2. The fourth-order valence-corrected chi connectivity index (χ4v) is 2.08. The van der Waals surface area contributed by atoms with Crippen molar-refractivity contribution in [3.8, 4) is 5.75 Å². The Balaban J connectivity index is 2.13. The molecule has 0 radical (unpaired) electrons. The van der Waals surface area contributed by atoms with Crippen molar-refractivity contribution in [1.29, 1.82) is 0 Å². The van der Waals surface area contributed by atoms with Gasteiger partial charge in [0.25, 0.3) is 5.91 Å². The van der Waals surface area contributed by atoms with E-state index in [1.54, 1.807) is 23.1 Å². The highest BCUT2D eigenvalue weighted by Crippen LogP contribution is 2.24. The number of methoxy groups -OCH3 is 1. The Kier molecular flexibility index (Phi) is 3.69. The van der Waals surface area contributed by atoms with Crippen LogP contribution in [0.3, 0.4) is 0 Å². The van der Waals surface area contributed by atoms with Gasteiger partial charge in [0, 0.05) is 18.7 Å². The first kappa shape index (κ1) is 12.7. The number of likely N-dealkylation sites (tertiary alicyclic amines) is 1. The van der Waals surface area contributed by atoms with Gasteiger partial charge in [-0.05, 0) is 31.0 Å². The molecule has 0 bridgehead atoms. The molecular weight excluding hydrogens is 235 g/mol. The van der Waals surface area contributed by atoms with Crippen LogP contribution in [0.1, 0.15) is 23.2 Å². The number of piperidine rings is 1. The highest BCUT2D eigenvalue weighted by molar-refractivity contribution is 5.95. The lowest BCUT2D eigenvalue weighted by atomic mass is 10.1. The second kappa shape index (κ2) is 5.25. The Bertz CT molecular complexity index is 443. The molecule has 0 unspecified atom stereocenters. The van der Waals surface area contributed by atoms with Gasteiger partial charge in [-0.2, -0.15) is 0 Å². The molecule has 1 aromatic carbocycles. The maximum absolute atomic E-state index is 13.0. The molecule has 18 heavy (non-hydrogen) atoms. The van der Waals surface area contributed by atoms with E-state index in [0.717, 1.165) is 0 Å². The maximum atomic E-state index is 13.0. The Morgan fingerprint density at radius 1 is 1.44 bits per heavy atom. The highest BCUT2D eigenvalue weighted by atomic mass is 19.1. The first-order valence-corrected chi connectivity index (χ1v) is 5.98. The zero-order chi connectivity index (χ0) is 13.1. The van der Waals surface area contributed by atoms with E-state index in [2.05, 4.69) is 0 Å². The van der Waals surface area contributed by atoms with Crippen molar-refractivity contribution in [3.05, 3.63) is 23.8 Å². The van der Waals surface area contributed by atoms with Gasteiger partial charge in [-0.3, -0.25) is 4.79 Å². The summed E-state index contributed by atoms with van der Waals surface area (Å²) in [5.74, 6) is 0.390. The number of nitrogens with zero attached hydrogens (tertiary/aromatic N) is 1. The lowest BCUT2D eigenvalue weighted by Gasteiger charge is -2.28. The number of benzene rings is 1. The molecule has 2 rings (SSSR count). The fourth-order valence-electron chi connectivity index (χ4n) is 2.08. The number of nitrogens with two attached hydrogens (primary N) is 1. The molecule has 5 heteroatoms. The molecule has 1 aliphatic rings. The topological polar surface area (TPSA) is 55.6 Å². The summed E-state index contributed by atoms with van der Waals surface area (Å²) < 4.78 is 18.1. The van der Waals surface area contributed by atoms with Crippen LogP contribution in [0.4, 0.5) is 10.1 Å². The number of carbonyl (C=O) groups is 1. The molecule has 0 aromatic heterocycles. The average Bonchev–Trinajstić information content (AvgIpc) is 2.39. The van der Waals surface area contributed by atoms with Crippen molar-refractivity contribution in [1.82, 2.24) is 4.90 Å². The number of rotatable bonds is 2. The molecule has 2 N–H and O–H groups in total. The van der Waals surface area contributed by atoms with E-state index >= 15 is 0 Å². The number of hydrogen-bond donors (Lipinski definition) is 1. The van der Waals surface area contributed by atoms with Crippen molar-refractivity contribution < 1.29 is 13.9 Å². The minimum Gasteiger partial charge on any atom is -0.495 e. The van der Waals surface area contributed by atoms with Crippen LogP contribution in [0.2, 0.25) is 0 Å². The van der Waals surface area contributed by atoms with Gasteiger partial charge in [-0.25, -0.2) is 4.39 Å². The van der Waals surface area contributed by atoms with Gasteiger partial charge in [0.2, 0.25) is 0 Å². The first-order valence-electron chi connectivity index (χ1n) is 5.98. The second-order valence-electron chi connectivity index (χ2n) is 4.42. The predicted molar refractivity (Wildman–Crippen MR) is 67.4 cm³/mol. The minimum absolute atomic E-state index is 0.0970.